The van der Waals surface area contributed by atoms with Gasteiger partial charge in [0.15, 0.2) is 0 Å². The number of aromatic nitrogens is 1. The summed E-state index contributed by atoms with van der Waals surface area (Å²) in [6.45, 7) is 1.84. The van der Waals surface area contributed by atoms with Crippen LogP contribution < -0.4 is 5.01 Å². The Balaban J connectivity index is 2.36. The van der Waals surface area contributed by atoms with Gasteiger partial charge >= 0.3 is 0 Å². The lowest BCUT2D eigenvalue weighted by molar-refractivity contribution is -0.116. The van der Waals surface area contributed by atoms with E-state index in [4.69, 9.17) is 0 Å². The second-order valence-electron chi connectivity index (χ2n) is 3.08. The van der Waals surface area contributed by atoms with Gasteiger partial charge in [-0.25, -0.2) is 0 Å². The van der Waals surface area contributed by atoms with Gasteiger partial charge in [-0.15, -0.1) is 0 Å². The Bertz CT molecular complexity index is 416. The van der Waals surface area contributed by atoms with Crippen LogP contribution in [0.5, 0.6) is 0 Å². The van der Waals surface area contributed by atoms with E-state index < -0.39 is 0 Å². The Morgan fingerprint density at radius 2 is 2.29 bits per heavy atom. The third kappa shape index (κ3) is 1.68. The topological polar surface area (TPSA) is 45.6 Å². The van der Waals surface area contributed by atoms with Crippen LogP contribution in [0.25, 0.3) is 0 Å². The van der Waals surface area contributed by atoms with E-state index in [0.29, 0.717) is 12.1 Å². The first-order valence-electron chi connectivity index (χ1n) is 4.14. The number of carbonyl (C=O) groups excluding carboxylic acids is 1. The van der Waals surface area contributed by atoms with Gasteiger partial charge in [-0.3, -0.25) is 9.78 Å². The molecule has 4 nitrogen and oxygen atoms in total. The molecule has 1 aromatic rings. The van der Waals surface area contributed by atoms with Crippen molar-refractivity contribution in [3.63, 3.8) is 0 Å². The van der Waals surface area contributed by atoms with Gasteiger partial charge in [0.25, 0.3) is 5.91 Å². The summed E-state index contributed by atoms with van der Waals surface area (Å²) in [6.07, 6.45) is 3.68. The van der Waals surface area contributed by atoms with Crippen LogP contribution in [0, 0.1) is 0 Å². The Labute approximate surface area is 89.8 Å². The number of rotatable bonds is 1. The van der Waals surface area contributed by atoms with E-state index in [1.165, 1.54) is 5.01 Å². The van der Waals surface area contributed by atoms with Crippen molar-refractivity contribution in [1.82, 2.24) is 4.98 Å². The van der Waals surface area contributed by atoms with Crippen molar-refractivity contribution < 1.29 is 4.79 Å². The van der Waals surface area contributed by atoms with Gasteiger partial charge in [0.2, 0.25) is 0 Å². The number of pyridine rings is 1. The molecule has 0 aromatic carbocycles. The third-order valence-electron chi connectivity index (χ3n) is 1.85. The SMILES string of the molecule is CC1=NN(c2cncc(Br)c2)C(=O)C1. The van der Waals surface area contributed by atoms with E-state index >= 15 is 0 Å². The number of amides is 1. The first kappa shape index (κ1) is 9.33. The van der Waals surface area contributed by atoms with Gasteiger partial charge < -0.3 is 0 Å². The summed E-state index contributed by atoms with van der Waals surface area (Å²) in [5.74, 6) is -0.0117. The van der Waals surface area contributed by atoms with Crippen LogP contribution in [0.1, 0.15) is 13.3 Å². The highest BCUT2D eigenvalue weighted by atomic mass is 79.9. The van der Waals surface area contributed by atoms with Crippen LogP contribution in [-0.2, 0) is 4.79 Å². The molecule has 2 rings (SSSR count). The van der Waals surface area contributed by atoms with E-state index in [-0.39, 0.29) is 5.91 Å². The normalized spacial score (nSPS) is 16.0. The van der Waals surface area contributed by atoms with Gasteiger partial charge in [0, 0.05) is 16.4 Å². The molecule has 0 unspecified atom stereocenters. The summed E-state index contributed by atoms with van der Waals surface area (Å²) in [5, 5.41) is 5.50. The zero-order valence-electron chi connectivity index (χ0n) is 7.57. The zero-order valence-corrected chi connectivity index (χ0v) is 9.15. The van der Waals surface area contributed by atoms with Gasteiger partial charge in [-0.05, 0) is 28.9 Å². The molecule has 0 spiro atoms. The van der Waals surface area contributed by atoms with Crippen molar-refractivity contribution in [2.75, 3.05) is 5.01 Å². The summed E-state index contributed by atoms with van der Waals surface area (Å²) < 4.78 is 0.836. The number of hydrogen-bond acceptors (Lipinski definition) is 3. The molecule has 1 aliphatic heterocycles. The molecule has 2 heterocycles. The van der Waals surface area contributed by atoms with Crippen LogP contribution in [-0.4, -0.2) is 16.6 Å². The molecule has 14 heavy (non-hydrogen) atoms. The fraction of sp³-hybridized carbons (Fsp3) is 0.222. The van der Waals surface area contributed by atoms with Gasteiger partial charge in [0.1, 0.15) is 0 Å². The summed E-state index contributed by atoms with van der Waals surface area (Å²) in [4.78, 5) is 15.4. The largest absolute Gasteiger partial charge is 0.272 e. The van der Waals surface area contributed by atoms with Crippen molar-refractivity contribution in [3.8, 4) is 0 Å². The summed E-state index contributed by atoms with van der Waals surface area (Å²) in [5.41, 5.74) is 1.52. The highest BCUT2D eigenvalue weighted by Gasteiger charge is 2.22. The van der Waals surface area contributed by atoms with E-state index in [1.807, 2.05) is 13.0 Å². The first-order valence-corrected chi connectivity index (χ1v) is 4.94. The van der Waals surface area contributed by atoms with Gasteiger partial charge in [0.05, 0.1) is 18.3 Å². The molecular weight excluding hydrogens is 246 g/mol. The van der Waals surface area contributed by atoms with Crippen molar-refractivity contribution >= 4 is 33.2 Å². The number of hydrazone groups is 1. The lowest BCUT2D eigenvalue weighted by Gasteiger charge is -2.10. The zero-order chi connectivity index (χ0) is 10.1. The average molecular weight is 254 g/mol. The molecule has 0 N–H and O–H groups in total. The third-order valence-corrected chi connectivity index (χ3v) is 2.28. The average Bonchev–Trinajstić information content (AvgIpc) is 2.45. The van der Waals surface area contributed by atoms with E-state index in [9.17, 15) is 4.79 Å². The highest BCUT2D eigenvalue weighted by Crippen LogP contribution is 2.22. The number of halogens is 1. The molecule has 0 bridgehead atoms. The molecule has 0 fully saturated rings. The lowest BCUT2D eigenvalue weighted by Crippen LogP contribution is -2.19. The number of carbonyl (C=O) groups is 1. The van der Waals surface area contributed by atoms with Crippen LogP contribution in [0.3, 0.4) is 0 Å². The molecule has 0 saturated heterocycles. The Morgan fingerprint density at radius 1 is 1.50 bits per heavy atom. The van der Waals surface area contributed by atoms with Gasteiger partial charge in [-0.2, -0.15) is 10.1 Å². The summed E-state index contributed by atoms with van der Waals surface area (Å²) in [7, 11) is 0. The molecule has 1 aromatic heterocycles. The second-order valence-corrected chi connectivity index (χ2v) is 3.99. The van der Waals surface area contributed by atoms with E-state index in [2.05, 4.69) is 26.0 Å². The minimum absolute atomic E-state index is 0.0117. The summed E-state index contributed by atoms with van der Waals surface area (Å²) >= 11 is 3.30. The number of nitrogens with zero attached hydrogens (tertiary/aromatic N) is 3. The summed E-state index contributed by atoms with van der Waals surface area (Å²) in [6, 6.07) is 1.81. The monoisotopic (exact) mass is 253 g/mol. The Hall–Kier alpha value is -1.23. The van der Waals surface area contributed by atoms with Crippen molar-refractivity contribution in [3.05, 3.63) is 22.9 Å². The van der Waals surface area contributed by atoms with E-state index in [0.717, 1.165) is 10.2 Å². The quantitative estimate of drug-likeness (QED) is 0.768. The Morgan fingerprint density at radius 3 is 2.86 bits per heavy atom. The molecule has 5 heteroatoms. The maximum absolute atomic E-state index is 11.5. The molecule has 0 aliphatic carbocycles. The van der Waals surface area contributed by atoms with Crippen LogP contribution in [0.15, 0.2) is 28.0 Å². The van der Waals surface area contributed by atoms with E-state index in [1.54, 1.807) is 12.4 Å². The predicted molar refractivity (Wildman–Crippen MR) is 57.1 cm³/mol. The fourth-order valence-corrected chi connectivity index (χ4v) is 1.63. The maximum Gasteiger partial charge on any atom is 0.253 e. The molecule has 0 saturated carbocycles. The molecule has 1 amide bonds. The minimum Gasteiger partial charge on any atom is -0.272 e. The van der Waals surface area contributed by atoms with Crippen LogP contribution in [0.4, 0.5) is 5.69 Å². The molecule has 0 radical (unpaired) electrons. The lowest BCUT2D eigenvalue weighted by atomic mass is 10.3. The number of hydrogen-bond donors (Lipinski definition) is 0. The van der Waals surface area contributed by atoms with Gasteiger partial charge in [-0.1, -0.05) is 0 Å². The first-order chi connectivity index (χ1) is 6.66. The fourth-order valence-electron chi connectivity index (χ4n) is 1.27. The van der Waals surface area contributed by atoms with Crippen LogP contribution in [0.2, 0.25) is 0 Å². The molecular formula is C9H8BrN3O. The highest BCUT2D eigenvalue weighted by molar-refractivity contribution is 9.10. The minimum atomic E-state index is -0.0117. The molecule has 72 valence electrons. The predicted octanol–water partition coefficient (Wildman–Crippen LogP) is 1.96. The van der Waals surface area contributed by atoms with Crippen LogP contribution >= 0.6 is 15.9 Å². The second kappa shape index (κ2) is 3.49. The van der Waals surface area contributed by atoms with Crippen molar-refractivity contribution in [2.24, 2.45) is 5.10 Å². The number of anilines is 1. The Kier molecular flexibility index (Phi) is 2.33. The van der Waals surface area contributed by atoms with Crippen molar-refractivity contribution in [2.45, 2.75) is 13.3 Å². The standard InChI is InChI=1S/C9H8BrN3O/c1-6-2-9(14)13(12-6)8-3-7(10)4-11-5-8/h3-5H,2H2,1H3. The molecule has 0 atom stereocenters. The maximum atomic E-state index is 11.5. The molecule has 1 aliphatic rings. The smallest absolute Gasteiger partial charge is 0.253 e. The van der Waals surface area contributed by atoms with Crippen molar-refractivity contribution in [1.29, 1.82) is 0 Å².